The molecule has 0 aliphatic heterocycles. The van der Waals surface area contributed by atoms with E-state index in [1.807, 2.05) is 0 Å². The Bertz CT molecular complexity index is 681. The summed E-state index contributed by atoms with van der Waals surface area (Å²) < 4.78 is 5.05. The molecular weight excluding hydrogens is 334 g/mol. The van der Waals surface area contributed by atoms with Crippen molar-refractivity contribution in [3.8, 4) is 0 Å². The normalized spacial score (nSPS) is 28.1. The van der Waals surface area contributed by atoms with Crippen LogP contribution in [0, 0.1) is 17.8 Å². The lowest BCUT2D eigenvalue weighted by Crippen LogP contribution is -2.27. The van der Waals surface area contributed by atoms with Crippen molar-refractivity contribution in [1.82, 2.24) is 0 Å². The maximum Gasteiger partial charge on any atom is 0.341 e. The minimum atomic E-state index is -0.304. The molecular formula is C20H27NO3S. The number of thiophene rings is 1. The Hall–Kier alpha value is -1.36. The van der Waals surface area contributed by atoms with Crippen molar-refractivity contribution in [2.45, 2.75) is 64.2 Å². The smallest absolute Gasteiger partial charge is 0.341 e. The van der Waals surface area contributed by atoms with Crippen LogP contribution < -0.4 is 5.32 Å². The minimum Gasteiger partial charge on any atom is -0.465 e. The zero-order valence-corrected chi connectivity index (χ0v) is 15.8. The molecule has 0 aromatic carbocycles. The van der Waals surface area contributed by atoms with Crippen molar-refractivity contribution < 1.29 is 14.3 Å². The maximum atomic E-state index is 12.9. The highest BCUT2D eigenvalue weighted by Crippen LogP contribution is 2.49. The minimum absolute atomic E-state index is 0.117. The van der Waals surface area contributed by atoms with Gasteiger partial charge in [0.05, 0.1) is 12.7 Å². The summed E-state index contributed by atoms with van der Waals surface area (Å²) in [6.45, 7) is 0. The second-order valence-electron chi connectivity index (χ2n) is 7.88. The van der Waals surface area contributed by atoms with Gasteiger partial charge in [-0.25, -0.2) is 4.79 Å². The summed E-state index contributed by atoms with van der Waals surface area (Å²) in [7, 11) is 1.43. The molecule has 2 fully saturated rings. The molecule has 0 saturated heterocycles. The summed E-state index contributed by atoms with van der Waals surface area (Å²) >= 11 is 1.60. The fourth-order valence-electron chi connectivity index (χ4n) is 5.10. The zero-order chi connectivity index (χ0) is 17.4. The number of carbonyl (C=O) groups excluding carboxylic acids is 2. The highest BCUT2D eigenvalue weighted by atomic mass is 32.1. The van der Waals surface area contributed by atoms with Gasteiger partial charge in [0.2, 0.25) is 5.91 Å². The van der Waals surface area contributed by atoms with Crippen LogP contribution in [0.1, 0.15) is 72.2 Å². The molecule has 1 N–H and O–H groups in total. The summed E-state index contributed by atoms with van der Waals surface area (Å²) in [6.07, 6.45) is 11.4. The van der Waals surface area contributed by atoms with Gasteiger partial charge in [-0.15, -0.1) is 11.3 Å². The van der Waals surface area contributed by atoms with Gasteiger partial charge in [-0.05, 0) is 62.3 Å². The van der Waals surface area contributed by atoms with E-state index in [-0.39, 0.29) is 17.8 Å². The molecule has 5 heteroatoms. The number of amides is 1. The molecule has 3 unspecified atom stereocenters. The first-order valence-corrected chi connectivity index (χ1v) is 10.5. The standard InChI is InChI=1S/C20H27NO3S/c1-24-20(23)17-14-6-4-2-3-5-7-16(14)25-19(17)21-18(22)15-11-12-8-9-13(15)10-12/h12-13,15H,2-11H2,1H3,(H,21,22). The van der Waals surface area contributed by atoms with E-state index in [1.54, 1.807) is 11.3 Å². The second-order valence-corrected chi connectivity index (χ2v) is 8.99. The highest BCUT2D eigenvalue weighted by molar-refractivity contribution is 7.17. The van der Waals surface area contributed by atoms with Gasteiger partial charge >= 0.3 is 5.97 Å². The van der Waals surface area contributed by atoms with Crippen LogP contribution in [0.2, 0.25) is 0 Å². The summed E-state index contributed by atoms with van der Waals surface area (Å²) in [5, 5.41) is 3.86. The van der Waals surface area contributed by atoms with Crippen molar-refractivity contribution in [3.63, 3.8) is 0 Å². The van der Waals surface area contributed by atoms with Gasteiger partial charge < -0.3 is 10.1 Å². The van der Waals surface area contributed by atoms with E-state index in [0.717, 1.165) is 48.6 Å². The third kappa shape index (κ3) is 3.23. The van der Waals surface area contributed by atoms with E-state index in [0.29, 0.717) is 11.5 Å². The average molecular weight is 362 g/mol. The van der Waals surface area contributed by atoms with Crippen molar-refractivity contribution in [2.75, 3.05) is 12.4 Å². The number of fused-ring (bicyclic) bond motifs is 3. The van der Waals surface area contributed by atoms with E-state index in [2.05, 4.69) is 5.32 Å². The van der Waals surface area contributed by atoms with Gasteiger partial charge in [-0.3, -0.25) is 4.79 Å². The lowest BCUT2D eigenvalue weighted by atomic mass is 9.88. The third-order valence-electron chi connectivity index (χ3n) is 6.37. The SMILES string of the molecule is COC(=O)c1c(NC(=O)C2CC3CCC2C3)sc2c1CCCCCC2. The Balaban J connectivity index is 1.60. The van der Waals surface area contributed by atoms with E-state index in [9.17, 15) is 9.59 Å². The number of anilines is 1. The van der Waals surface area contributed by atoms with Crippen LogP contribution in [0.4, 0.5) is 5.00 Å². The molecule has 1 amide bonds. The van der Waals surface area contributed by atoms with Gasteiger partial charge in [0, 0.05) is 10.8 Å². The van der Waals surface area contributed by atoms with E-state index >= 15 is 0 Å². The molecule has 1 heterocycles. The summed E-state index contributed by atoms with van der Waals surface area (Å²) in [5.41, 5.74) is 1.75. The maximum absolute atomic E-state index is 12.9. The fraction of sp³-hybridized carbons (Fsp3) is 0.700. The van der Waals surface area contributed by atoms with Crippen molar-refractivity contribution in [2.24, 2.45) is 17.8 Å². The number of ether oxygens (including phenoxy) is 1. The molecule has 3 atom stereocenters. The molecule has 136 valence electrons. The monoisotopic (exact) mass is 361 g/mol. The Kier molecular flexibility index (Phi) is 4.85. The van der Waals surface area contributed by atoms with E-state index in [1.165, 1.54) is 44.1 Å². The average Bonchev–Trinajstić information content (AvgIpc) is 3.29. The largest absolute Gasteiger partial charge is 0.465 e. The number of hydrogen-bond donors (Lipinski definition) is 1. The number of methoxy groups -OCH3 is 1. The predicted octanol–water partition coefficient (Wildman–Crippen LogP) is 4.57. The highest BCUT2D eigenvalue weighted by Gasteiger charge is 2.43. The van der Waals surface area contributed by atoms with Gasteiger partial charge in [-0.2, -0.15) is 0 Å². The molecule has 3 aliphatic rings. The molecule has 25 heavy (non-hydrogen) atoms. The Morgan fingerprint density at radius 3 is 2.56 bits per heavy atom. The first kappa shape index (κ1) is 17.1. The van der Waals surface area contributed by atoms with Gasteiger partial charge in [-0.1, -0.05) is 19.3 Å². The molecule has 1 aromatic heterocycles. The Labute approximate surface area is 153 Å². The molecule has 0 spiro atoms. The summed E-state index contributed by atoms with van der Waals surface area (Å²) in [6, 6.07) is 0. The van der Waals surface area contributed by atoms with E-state index in [4.69, 9.17) is 4.74 Å². The van der Waals surface area contributed by atoms with Crippen LogP contribution in [0.15, 0.2) is 0 Å². The topological polar surface area (TPSA) is 55.4 Å². The molecule has 0 radical (unpaired) electrons. The summed E-state index contributed by atoms with van der Waals surface area (Å²) in [4.78, 5) is 26.6. The first-order valence-electron chi connectivity index (χ1n) is 9.71. The van der Waals surface area contributed by atoms with Crippen LogP contribution in [0.25, 0.3) is 0 Å². The van der Waals surface area contributed by atoms with Crippen LogP contribution in [-0.2, 0) is 22.4 Å². The lowest BCUT2D eigenvalue weighted by Gasteiger charge is -2.20. The van der Waals surface area contributed by atoms with Gasteiger partial charge in [0.1, 0.15) is 5.00 Å². The molecule has 1 aromatic rings. The van der Waals surface area contributed by atoms with Gasteiger partial charge in [0.15, 0.2) is 0 Å². The van der Waals surface area contributed by atoms with Gasteiger partial charge in [0.25, 0.3) is 0 Å². The number of carbonyl (C=O) groups is 2. The number of rotatable bonds is 3. The first-order chi connectivity index (χ1) is 12.2. The lowest BCUT2D eigenvalue weighted by molar-refractivity contribution is -0.121. The molecule has 4 rings (SSSR count). The second kappa shape index (κ2) is 7.10. The van der Waals surface area contributed by atoms with Crippen LogP contribution >= 0.6 is 11.3 Å². The van der Waals surface area contributed by atoms with Crippen molar-refractivity contribution in [1.29, 1.82) is 0 Å². The molecule has 4 nitrogen and oxygen atoms in total. The quantitative estimate of drug-likeness (QED) is 0.803. The van der Waals surface area contributed by atoms with Crippen molar-refractivity contribution >= 4 is 28.2 Å². The van der Waals surface area contributed by atoms with Crippen LogP contribution in [0.5, 0.6) is 0 Å². The Morgan fingerprint density at radius 2 is 1.88 bits per heavy atom. The third-order valence-corrected chi connectivity index (χ3v) is 7.58. The van der Waals surface area contributed by atoms with E-state index < -0.39 is 0 Å². The van der Waals surface area contributed by atoms with Crippen molar-refractivity contribution in [3.05, 3.63) is 16.0 Å². The Morgan fingerprint density at radius 1 is 1.08 bits per heavy atom. The van der Waals surface area contributed by atoms with Crippen LogP contribution in [-0.4, -0.2) is 19.0 Å². The molecule has 2 saturated carbocycles. The number of esters is 1. The molecule has 2 bridgehead atoms. The molecule has 3 aliphatic carbocycles. The predicted molar refractivity (Wildman–Crippen MR) is 99.1 cm³/mol. The number of nitrogens with one attached hydrogen (secondary N) is 1. The fourth-order valence-corrected chi connectivity index (χ4v) is 6.38. The number of aryl methyl sites for hydroxylation is 1. The number of hydrogen-bond acceptors (Lipinski definition) is 4. The zero-order valence-electron chi connectivity index (χ0n) is 14.9. The van der Waals surface area contributed by atoms with Crippen LogP contribution in [0.3, 0.4) is 0 Å². The summed E-state index contributed by atoms with van der Waals surface area (Å²) in [5.74, 6) is 1.23.